The molecule has 2 atom stereocenters. The highest BCUT2D eigenvalue weighted by Crippen LogP contribution is 2.36. The standard InChI is InChI=1S/C24H33N/c1-23(2,3)19-11-7-17(8-12-19)21-15-16-22(25-21)18-9-13-20(14-10-18)24(4,5)6/h7-14,21-22,25H,15-16H2,1-6H3. The summed E-state index contributed by atoms with van der Waals surface area (Å²) in [7, 11) is 0. The van der Waals surface area contributed by atoms with E-state index in [2.05, 4.69) is 95.4 Å². The zero-order valence-electron chi connectivity index (χ0n) is 16.7. The van der Waals surface area contributed by atoms with Crippen LogP contribution in [0.25, 0.3) is 0 Å². The summed E-state index contributed by atoms with van der Waals surface area (Å²) in [6, 6.07) is 19.4. The van der Waals surface area contributed by atoms with Gasteiger partial charge in [0.1, 0.15) is 0 Å². The molecular formula is C24H33N. The largest absolute Gasteiger partial charge is 0.303 e. The Labute approximate surface area is 153 Å². The molecule has 1 heteroatoms. The van der Waals surface area contributed by atoms with Crippen molar-refractivity contribution in [3.05, 3.63) is 70.8 Å². The molecule has 0 radical (unpaired) electrons. The van der Waals surface area contributed by atoms with Gasteiger partial charge in [-0.25, -0.2) is 0 Å². The third kappa shape index (κ3) is 4.15. The molecule has 1 aliphatic heterocycles. The maximum atomic E-state index is 3.84. The minimum absolute atomic E-state index is 0.221. The van der Waals surface area contributed by atoms with Gasteiger partial charge in [-0.1, -0.05) is 90.1 Å². The highest BCUT2D eigenvalue weighted by atomic mass is 15.0. The van der Waals surface area contributed by atoms with Gasteiger partial charge >= 0.3 is 0 Å². The predicted molar refractivity (Wildman–Crippen MR) is 108 cm³/mol. The maximum Gasteiger partial charge on any atom is 0.0326 e. The minimum Gasteiger partial charge on any atom is -0.303 e. The molecule has 2 unspecified atom stereocenters. The van der Waals surface area contributed by atoms with Crippen molar-refractivity contribution in [2.45, 2.75) is 77.3 Å². The van der Waals surface area contributed by atoms with Gasteiger partial charge in [0.15, 0.2) is 0 Å². The third-order valence-electron chi connectivity index (χ3n) is 5.50. The molecule has 2 aromatic carbocycles. The van der Waals surface area contributed by atoms with Crippen LogP contribution in [-0.4, -0.2) is 0 Å². The van der Waals surface area contributed by atoms with E-state index in [-0.39, 0.29) is 10.8 Å². The van der Waals surface area contributed by atoms with E-state index in [0.717, 1.165) is 0 Å². The Hall–Kier alpha value is -1.60. The van der Waals surface area contributed by atoms with Crippen LogP contribution in [0, 0.1) is 0 Å². The zero-order valence-corrected chi connectivity index (χ0v) is 16.7. The molecule has 2 aromatic rings. The average molecular weight is 336 g/mol. The molecule has 134 valence electrons. The first kappa shape index (κ1) is 18.2. The molecule has 1 saturated heterocycles. The summed E-state index contributed by atoms with van der Waals surface area (Å²) < 4.78 is 0. The fourth-order valence-electron chi connectivity index (χ4n) is 3.70. The summed E-state index contributed by atoms with van der Waals surface area (Å²) >= 11 is 0. The summed E-state index contributed by atoms with van der Waals surface area (Å²) in [5.41, 5.74) is 6.09. The predicted octanol–water partition coefficient (Wildman–Crippen LogP) is 6.45. The van der Waals surface area contributed by atoms with E-state index in [9.17, 15) is 0 Å². The van der Waals surface area contributed by atoms with Crippen molar-refractivity contribution in [3.8, 4) is 0 Å². The van der Waals surface area contributed by atoms with E-state index in [1.165, 1.54) is 35.1 Å². The molecule has 1 nitrogen and oxygen atoms in total. The van der Waals surface area contributed by atoms with Crippen LogP contribution < -0.4 is 5.32 Å². The Balaban J connectivity index is 1.69. The molecule has 1 heterocycles. The molecule has 0 bridgehead atoms. The van der Waals surface area contributed by atoms with Crippen LogP contribution in [-0.2, 0) is 10.8 Å². The monoisotopic (exact) mass is 335 g/mol. The molecule has 0 aromatic heterocycles. The summed E-state index contributed by atoms with van der Waals surface area (Å²) in [5, 5.41) is 3.84. The lowest BCUT2D eigenvalue weighted by atomic mass is 9.86. The van der Waals surface area contributed by atoms with Gasteiger partial charge in [0.2, 0.25) is 0 Å². The Morgan fingerprint density at radius 3 is 1.20 bits per heavy atom. The summed E-state index contributed by atoms with van der Waals surface area (Å²) in [4.78, 5) is 0. The molecule has 1 aliphatic rings. The van der Waals surface area contributed by atoms with Crippen molar-refractivity contribution in [1.82, 2.24) is 5.32 Å². The first-order valence-electron chi connectivity index (χ1n) is 9.61. The number of hydrogen-bond donors (Lipinski definition) is 1. The van der Waals surface area contributed by atoms with Crippen molar-refractivity contribution < 1.29 is 0 Å². The van der Waals surface area contributed by atoms with Crippen LogP contribution in [0.5, 0.6) is 0 Å². The average Bonchev–Trinajstić information content (AvgIpc) is 3.03. The lowest BCUT2D eigenvalue weighted by Gasteiger charge is -2.21. The molecule has 1 fully saturated rings. The number of benzene rings is 2. The van der Waals surface area contributed by atoms with Crippen molar-refractivity contribution in [2.75, 3.05) is 0 Å². The number of nitrogens with one attached hydrogen (secondary N) is 1. The summed E-state index contributed by atoms with van der Waals surface area (Å²) in [6.07, 6.45) is 2.42. The van der Waals surface area contributed by atoms with Gasteiger partial charge in [0, 0.05) is 12.1 Å². The van der Waals surface area contributed by atoms with Gasteiger partial charge in [0.05, 0.1) is 0 Å². The van der Waals surface area contributed by atoms with Crippen LogP contribution in [0.1, 0.15) is 88.7 Å². The molecule has 0 amide bonds. The van der Waals surface area contributed by atoms with Gasteiger partial charge in [0.25, 0.3) is 0 Å². The zero-order chi connectivity index (χ0) is 18.2. The Bertz CT molecular complexity index is 632. The smallest absolute Gasteiger partial charge is 0.0326 e. The van der Waals surface area contributed by atoms with E-state index in [1.54, 1.807) is 0 Å². The molecule has 0 spiro atoms. The van der Waals surface area contributed by atoms with Crippen LogP contribution in [0.15, 0.2) is 48.5 Å². The Morgan fingerprint density at radius 1 is 0.600 bits per heavy atom. The minimum atomic E-state index is 0.221. The van der Waals surface area contributed by atoms with Crippen molar-refractivity contribution in [1.29, 1.82) is 0 Å². The van der Waals surface area contributed by atoms with Crippen LogP contribution in [0.4, 0.5) is 0 Å². The normalized spacial score (nSPS) is 21.5. The first-order valence-corrected chi connectivity index (χ1v) is 9.61. The Morgan fingerprint density at radius 2 is 0.920 bits per heavy atom. The first-order chi connectivity index (χ1) is 11.6. The molecular weight excluding hydrogens is 302 g/mol. The number of rotatable bonds is 2. The van der Waals surface area contributed by atoms with E-state index in [0.29, 0.717) is 12.1 Å². The van der Waals surface area contributed by atoms with Gasteiger partial charge in [-0.15, -0.1) is 0 Å². The highest BCUT2D eigenvalue weighted by molar-refractivity contribution is 5.32. The topological polar surface area (TPSA) is 12.0 Å². The second-order valence-electron chi connectivity index (χ2n) is 9.59. The van der Waals surface area contributed by atoms with Gasteiger partial charge < -0.3 is 5.32 Å². The van der Waals surface area contributed by atoms with E-state index >= 15 is 0 Å². The van der Waals surface area contributed by atoms with Crippen molar-refractivity contribution >= 4 is 0 Å². The van der Waals surface area contributed by atoms with Crippen molar-refractivity contribution in [3.63, 3.8) is 0 Å². The fourth-order valence-corrected chi connectivity index (χ4v) is 3.70. The highest BCUT2D eigenvalue weighted by Gasteiger charge is 2.26. The second kappa shape index (κ2) is 6.61. The molecule has 1 N–H and O–H groups in total. The van der Waals surface area contributed by atoms with Crippen LogP contribution in [0.3, 0.4) is 0 Å². The van der Waals surface area contributed by atoms with Gasteiger partial charge in [-0.2, -0.15) is 0 Å². The van der Waals surface area contributed by atoms with Gasteiger partial charge in [-0.3, -0.25) is 0 Å². The quantitative estimate of drug-likeness (QED) is 0.665. The van der Waals surface area contributed by atoms with Crippen molar-refractivity contribution in [2.24, 2.45) is 0 Å². The fraction of sp³-hybridized carbons (Fsp3) is 0.500. The van der Waals surface area contributed by atoms with Gasteiger partial charge in [-0.05, 0) is 45.9 Å². The SMILES string of the molecule is CC(C)(C)c1ccc(C2CCC(c3ccc(C(C)(C)C)cc3)N2)cc1. The molecule has 0 saturated carbocycles. The summed E-state index contributed by atoms with van der Waals surface area (Å²) in [5.74, 6) is 0. The van der Waals surface area contributed by atoms with E-state index in [4.69, 9.17) is 0 Å². The number of hydrogen-bond acceptors (Lipinski definition) is 1. The molecule has 0 aliphatic carbocycles. The summed E-state index contributed by atoms with van der Waals surface area (Å²) in [6.45, 7) is 13.6. The van der Waals surface area contributed by atoms with E-state index < -0.39 is 0 Å². The third-order valence-corrected chi connectivity index (χ3v) is 5.50. The lowest BCUT2D eigenvalue weighted by molar-refractivity contribution is 0.567. The van der Waals surface area contributed by atoms with Crippen LogP contribution >= 0.6 is 0 Å². The maximum absolute atomic E-state index is 3.84. The van der Waals surface area contributed by atoms with E-state index in [1.807, 2.05) is 0 Å². The van der Waals surface area contributed by atoms with Crippen LogP contribution in [0.2, 0.25) is 0 Å². The second-order valence-corrected chi connectivity index (χ2v) is 9.59. The Kier molecular flexibility index (Phi) is 4.81. The lowest BCUT2D eigenvalue weighted by Crippen LogP contribution is -2.18. The molecule has 25 heavy (non-hydrogen) atoms. The molecule has 3 rings (SSSR count).